The van der Waals surface area contributed by atoms with Crippen molar-refractivity contribution >= 4 is 28.8 Å². The SMILES string of the molecule is CC1(C)CC2CC(C)(CN2C(=O)C2=CCC3=NC(c4cccs4)=NC3=C2)C1. The molecule has 4 aliphatic rings. The summed E-state index contributed by atoms with van der Waals surface area (Å²) in [4.78, 5) is 25.9. The number of amidine groups is 1. The Kier molecular flexibility index (Phi) is 3.64. The van der Waals surface area contributed by atoms with E-state index in [4.69, 9.17) is 0 Å². The molecule has 2 unspecified atom stereocenters. The number of fused-ring (bicyclic) bond motifs is 3. The van der Waals surface area contributed by atoms with E-state index in [-0.39, 0.29) is 11.3 Å². The number of allylic oxidation sites excluding steroid dienone is 2. The predicted octanol–water partition coefficient (Wildman–Crippen LogP) is 4.59. The van der Waals surface area contributed by atoms with Gasteiger partial charge in [-0.3, -0.25) is 4.79 Å². The molecule has 2 aliphatic heterocycles. The second kappa shape index (κ2) is 5.74. The first-order chi connectivity index (χ1) is 12.8. The molecule has 4 nitrogen and oxygen atoms in total. The van der Waals surface area contributed by atoms with Crippen molar-refractivity contribution in [2.24, 2.45) is 20.8 Å². The fourth-order valence-electron chi connectivity index (χ4n) is 5.60. The van der Waals surface area contributed by atoms with Crippen molar-refractivity contribution in [2.45, 2.75) is 52.5 Å². The lowest BCUT2D eigenvalue weighted by Crippen LogP contribution is -2.38. The minimum absolute atomic E-state index is 0.174. The third kappa shape index (κ3) is 2.92. The molecule has 1 saturated heterocycles. The number of thiophene rings is 1. The van der Waals surface area contributed by atoms with E-state index < -0.39 is 0 Å². The van der Waals surface area contributed by atoms with Crippen molar-refractivity contribution in [1.29, 1.82) is 0 Å². The van der Waals surface area contributed by atoms with E-state index in [1.54, 1.807) is 11.3 Å². The Hall–Kier alpha value is -2.01. The van der Waals surface area contributed by atoms with Gasteiger partial charge in [-0.15, -0.1) is 11.3 Å². The van der Waals surface area contributed by atoms with Gasteiger partial charge in [-0.05, 0) is 47.6 Å². The summed E-state index contributed by atoms with van der Waals surface area (Å²) in [6.07, 6.45) is 8.11. The summed E-state index contributed by atoms with van der Waals surface area (Å²) in [6.45, 7) is 7.91. The van der Waals surface area contributed by atoms with Crippen LogP contribution in [-0.4, -0.2) is 34.9 Å². The number of aliphatic imine (C=N–C) groups is 2. The molecule has 0 radical (unpaired) electrons. The smallest absolute Gasteiger partial charge is 0.253 e. The molecule has 5 heteroatoms. The Morgan fingerprint density at radius 2 is 2.11 bits per heavy atom. The highest BCUT2D eigenvalue weighted by molar-refractivity contribution is 7.12. The van der Waals surface area contributed by atoms with Gasteiger partial charge in [0.05, 0.1) is 16.3 Å². The van der Waals surface area contributed by atoms with Crippen LogP contribution in [0.5, 0.6) is 0 Å². The lowest BCUT2D eigenvalue weighted by Gasteiger charge is -2.39. The van der Waals surface area contributed by atoms with Crippen LogP contribution in [0, 0.1) is 10.8 Å². The minimum atomic E-state index is 0.174. The Morgan fingerprint density at radius 3 is 2.89 bits per heavy atom. The highest BCUT2D eigenvalue weighted by atomic mass is 32.1. The normalized spacial score (nSPS) is 31.1. The first kappa shape index (κ1) is 17.1. The number of rotatable bonds is 2. The number of likely N-dealkylation sites (tertiary alicyclic amines) is 1. The minimum Gasteiger partial charge on any atom is -0.335 e. The summed E-state index contributed by atoms with van der Waals surface area (Å²) in [6, 6.07) is 4.42. The maximum atomic E-state index is 13.3. The van der Waals surface area contributed by atoms with Crippen molar-refractivity contribution in [3.8, 4) is 0 Å². The Bertz CT molecular complexity index is 935. The lowest BCUT2D eigenvalue weighted by molar-refractivity contribution is -0.127. The van der Waals surface area contributed by atoms with Gasteiger partial charge in [0.1, 0.15) is 0 Å². The van der Waals surface area contributed by atoms with Crippen LogP contribution in [-0.2, 0) is 4.79 Å². The van der Waals surface area contributed by atoms with Crippen LogP contribution in [0.4, 0.5) is 0 Å². The Morgan fingerprint density at radius 1 is 1.26 bits per heavy atom. The summed E-state index contributed by atoms with van der Waals surface area (Å²) in [7, 11) is 0. The summed E-state index contributed by atoms with van der Waals surface area (Å²) >= 11 is 1.65. The summed E-state index contributed by atoms with van der Waals surface area (Å²) in [5, 5.41) is 2.04. The number of amides is 1. The zero-order valence-electron chi connectivity index (χ0n) is 16.2. The third-order valence-corrected chi connectivity index (χ3v) is 7.10. The molecule has 3 heterocycles. The number of carbonyl (C=O) groups is 1. The first-order valence-corrected chi connectivity index (χ1v) is 10.6. The maximum absolute atomic E-state index is 13.3. The van der Waals surface area contributed by atoms with Gasteiger partial charge >= 0.3 is 0 Å². The van der Waals surface area contributed by atoms with E-state index in [2.05, 4.69) is 35.7 Å². The van der Waals surface area contributed by atoms with E-state index in [9.17, 15) is 4.79 Å². The van der Waals surface area contributed by atoms with Crippen LogP contribution in [0.2, 0.25) is 0 Å². The topological polar surface area (TPSA) is 45.0 Å². The van der Waals surface area contributed by atoms with Gasteiger partial charge in [-0.25, -0.2) is 9.98 Å². The lowest BCUT2D eigenvalue weighted by atomic mass is 9.65. The van der Waals surface area contributed by atoms with Gasteiger partial charge in [0.2, 0.25) is 0 Å². The van der Waals surface area contributed by atoms with Gasteiger partial charge in [-0.1, -0.05) is 32.9 Å². The second-order valence-electron chi connectivity index (χ2n) is 9.51. The molecule has 2 aliphatic carbocycles. The predicted molar refractivity (Wildman–Crippen MR) is 110 cm³/mol. The zero-order chi connectivity index (χ0) is 18.8. The van der Waals surface area contributed by atoms with Gasteiger partial charge in [0, 0.05) is 24.6 Å². The number of hydrogen-bond acceptors (Lipinski definition) is 4. The molecular formula is C22H25N3OS. The molecule has 1 aromatic rings. The largest absolute Gasteiger partial charge is 0.335 e. The van der Waals surface area contributed by atoms with E-state index in [1.165, 1.54) is 6.42 Å². The molecule has 0 N–H and O–H groups in total. The third-order valence-electron chi connectivity index (χ3n) is 6.23. The van der Waals surface area contributed by atoms with Crippen LogP contribution >= 0.6 is 11.3 Å². The number of nitrogens with zero attached hydrogens (tertiary/aromatic N) is 3. The molecule has 1 aromatic heterocycles. The molecule has 2 bridgehead atoms. The number of carbonyl (C=O) groups excluding carboxylic acids is 1. The quantitative estimate of drug-likeness (QED) is 0.741. The fraction of sp³-hybridized carbons (Fsp3) is 0.500. The summed E-state index contributed by atoms with van der Waals surface area (Å²) in [5.41, 5.74) is 3.20. The zero-order valence-corrected chi connectivity index (χ0v) is 17.0. The van der Waals surface area contributed by atoms with Gasteiger partial charge in [0.15, 0.2) is 5.84 Å². The molecule has 27 heavy (non-hydrogen) atoms. The molecule has 1 amide bonds. The van der Waals surface area contributed by atoms with Crippen molar-refractivity contribution in [1.82, 2.24) is 4.90 Å². The second-order valence-corrected chi connectivity index (χ2v) is 10.5. The molecule has 2 fully saturated rings. The average molecular weight is 380 g/mol. The van der Waals surface area contributed by atoms with Crippen molar-refractivity contribution in [2.75, 3.05) is 6.54 Å². The Balaban J connectivity index is 1.39. The van der Waals surface area contributed by atoms with Crippen LogP contribution in [0.15, 0.2) is 50.9 Å². The van der Waals surface area contributed by atoms with Crippen molar-refractivity contribution in [3.63, 3.8) is 0 Å². The highest BCUT2D eigenvalue weighted by Crippen LogP contribution is 2.52. The molecular weight excluding hydrogens is 354 g/mol. The monoisotopic (exact) mass is 379 g/mol. The van der Waals surface area contributed by atoms with Crippen LogP contribution in [0.25, 0.3) is 0 Å². The van der Waals surface area contributed by atoms with Crippen LogP contribution < -0.4 is 0 Å². The molecule has 0 aromatic carbocycles. The van der Waals surface area contributed by atoms with E-state index >= 15 is 0 Å². The average Bonchev–Trinajstić information content (AvgIpc) is 3.29. The van der Waals surface area contributed by atoms with E-state index in [1.807, 2.05) is 29.7 Å². The van der Waals surface area contributed by atoms with Crippen LogP contribution in [0.3, 0.4) is 0 Å². The van der Waals surface area contributed by atoms with E-state index in [0.717, 1.165) is 47.1 Å². The van der Waals surface area contributed by atoms with Crippen molar-refractivity contribution < 1.29 is 4.79 Å². The Labute approximate surface area is 164 Å². The van der Waals surface area contributed by atoms with E-state index in [0.29, 0.717) is 17.9 Å². The molecule has 0 spiro atoms. The highest BCUT2D eigenvalue weighted by Gasteiger charge is 2.51. The first-order valence-electron chi connectivity index (χ1n) is 9.75. The summed E-state index contributed by atoms with van der Waals surface area (Å²) in [5.74, 6) is 0.951. The summed E-state index contributed by atoms with van der Waals surface area (Å²) < 4.78 is 0. The standard InChI is InChI=1S/C22H25N3OS/c1-21(2)10-15-11-22(3,12-21)13-25(15)20(26)14-6-7-16-17(9-14)24-19(23-16)18-5-4-8-27-18/h4-6,8-9,15H,7,10-13H2,1-3H3. The van der Waals surface area contributed by atoms with Crippen LogP contribution in [0.1, 0.15) is 51.3 Å². The molecule has 1 saturated carbocycles. The van der Waals surface area contributed by atoms with Gasteiger partial charge in [0.25, 0.3) is 5.91 Å². The molecule has 2 atom stereocenters. The maximum Gasteiger partial charge on any atom is 0.253 e. The van der Waals surface area contributed by atoms with Gasteiger partial charge in [-0.2, -0.15) is 0 Å². The molecule has 140 valence electrons. The fourth-order valence-corrected chi connectivity index (χ4v) is 6.25. The number of hydrogen-bond donors (Lipinski definition) is 0. The van der Waals surface area contributed by atoms with Gasteiger partial charge < -0.3 is 4.90 Å². The van der Waals surface area contributed by atoms with Crippen molar-refractivity contribution in [3.05, 3.63) is 45.8 Å². The molecule has 5 rings (SSSR count).